The molecule has 0 radical (unpaired) electrons. The summed E-state index contributed by atoms with van der Waals surface area (Å²) in [5.74, 6) is 0.792. The summed E-state index contributed by atoms with van der Waals surface area (Å²) in [5, 5.41) is 7.19. The smallest absolute Gasteiger partial charge is 0.171 e. The summed E-state index contributed by atoms with van der Waals surface area (Å²) in [5.41, 5.74) is 4.92. The number of hydrogen-bond donors (Lipinski definition) is 2. The van der Waals surface area contributed by atoms with Crippen LogP contribution in [-0.2, 0) is 13.0 Å². The third kappa shape index (κ3) is 5.21. The molecule has 1 fully saturated rings. The first-order valence-corrected chi connectivity index (χ1v) is 10.0. The van der Waals surface area contributed by atoms with Gasteiger partial charge in [-0.1, -0.05) is 38.1 Å². The number of nitrogens with one attached hydrogen (secondary N) is 2. The van der Waals surface area contributed by atoms with Crippen molar-refractivity contribution < 1.29 is 0 Å². The van der Waals surface area contributed by atoms with Gasteiger partial charge >= 0.3 is 0 Å². The number of piperidine rings is 1. The van der Waals surface area contributed by atoms with Gasteiger partial charge in [0.25, 0.3) is 0 Å². The van der Waals surface area contributed by atoms with Crippen molar-refractivity contribution in [3.8, 4) is 0 Å². The van der Waals surface area contributed by atoms with Gasteiger partial charge < -0.3 is 15.5 Å². The number of benzene rings is 2. The van der Waals surface area contributed by atoms with E-state index in [0.717, 1.165) is 24.6 Å². The van der Waals surface area contributed by atoms with E-state index < -0.39 is 0 Å². The van der Waals surface area contributed by atoms with Crippen LogP contribution in [0.15, 0.2) is 48.5 Å². The van der Waals surface area contributed by atoms with Gasteiger partial charge in [-0.05, 0) is 72.8 Å². The van der Waals surface area contributed by atoms with E-state index >= 15 is 0 Å². The maximum Gasteiger partial charge on any atom is 0.171 e. The van der Waals surface area contributed by atoms with Gasteiger partial charge in [-0.15, -0.1) is 0 Å². The lowest BCUT2D eigenvalue weighted by atomic mass is 9.99. The van der Waals surface area contributed by atoms with E-state index in [0.29, 0.717) is 5.11 Å². The van der Waals surface area contributed by atoms with Crippen LogP contribution in [0.25, 0.3) is 0 Å². The summed E-state index contributed by atoms with van der Waals surface area (Å²) in [6, 6.07) is 17.3. The number of nitrogens with zero attached hydrogens (tertiary/aromatic N) is 1. The van der Waals surface area contributed by atoms with Crippen LogP contribution in [0.2, 0.25) is 0 Å². The number of rotatable bonds is 5. The monoisotopic (exact) mass is 367 g/mol. The molecule has 0 bridgehead atoms. The molecule has 0 unspecified atom stereocenters. The van der Waals surface area contributed by atoms with Gasteiger partial charge in [0, 0.05) is 31.0 Å². The average molecular weight is 368 g/mol. The molecule has 138 valence electrons. The van der Waals surface area contributed by atoms with Crippen molar-refractivity contribution in [2.75, 3.05) is 23.3 Å². The molecule has 0 aromatic heterocycles. The molecule has 0 aliphatic carbocycles. The van der Waals surface area contributed by atoms with E-state index in [1.807, 2.05) is 0 Å². The van der Waals surface area contributed by atoms with Gasteiger partial charge in [-0.25, -0.2) is 0 Å². The summed E-state index contributed by atoms with van der Waals surface area (Å²) >= 11 is 5.41. The van der Waals surface area contributed by atoms with E-state index in [-0.39, 0.29) is 0 Å². The zero-order valence-corrected chi connectivity index (χ0v) is 16.6. The summed E-state index contributed by atoms with van der Waals surface area (Å²) in [7, 11) is 0. The first-order chi connectivity index (χ1) is 12.6. The number of aryl methyl sites for hydroxylation is 1. The molecule has 0 saturated carbocycles. The second-order valence-electron chi connectivity index (χ2n) is 7.22. The van der Waals surface area contributed by atoms with Crippen LogP contribution in [0.1, 0.15) is 37.8 Å². The van der Waals surface area contributed by atoms with Crippen molar-refractivity contribution >= 4 is 28.7 Å². The summed E-state index contributed by atoms with van der Waals surface area (Å²) in [4.78, 5) is 2.50. The van der Waals surface area contributed by atoms with Crippen molar-refractivity contribution in [3.63, 3.8) is 0 Å². The van der Waals surface area contributed by atoms with E-state index in [2.05, 4.69) is 77.9 Å². The molecule has 0 spiro atoms. The highest BCUT2D eigenvalue weighted by atomic mass is 32.1. The molecule has 3 rings (SSSR count). The van der Waals surface area contributed by atoms with Crippen molar-refractivity contribution in [2.45, 2.75) is 39.7 Å². The minimum atomic E-state index is 0.656. The lowest BCUT2D eigenvalue weighted by molar-refractivity contribution is 0.447. The number of anilines is 2. The normalized spacial score (nSPS) is 17.0. The largest absolute Gasteiger partial charge is 0.371 e. The fourth-order valence-electron chi connectivity index (χ4n) is 3.43. The predicted molar refractivity (Wildman–Crippen MR) is 116 cm³/mol. The standard InChI is InChI=1S/C22H29N3S/c1-3-18-6-10-20(11-7-18)24-22(26)23-15-19-8-12-21(13-9-19)25-14-4-5-17(2)16-25/h6-13,17H,3-5,14-16H2,1-2H3,(H2,23,24,26)/t17-/m0/s1. The first kappa shape index (κ1) is 18.7. The first-order valence-electron chi connectivity index (χ1n) is 9.61. The fourth-order valence-corrected chi connectivity index (χ4v) is 3.62. The Morgan fingerprint density at radius 1 is 1.08 bits per heavy atom. The molecule has 1 saturated heterocycles. The highest BCUT2D eigenvalue weighted by Gasteiger charge is 2.16. The summed E-state index contributed by atoms with van der Waals surface area (Å²) in [6.45, 7) is 7.57. The van der Waals surface area contributed by atoms with Gasteiger partial charge in [-0.2, -0.15) is 0 Å². The average Bonchev–Trinajstić information content (AvgIpc) is 2.67. The van der Waals surface area contributed by atoms with Crippen molar-refractivity contribution in [3.05, 3.63) is 59.7 Å². The lowest BCUT2D eigenvalue weighted by Gasteiger charge is -2.32. The fraction of sp³-hybridized carbons (Fsp3) is 0.409. The Bertz CT molecular complexity index is 709. The Hall–Kier alpha value is -2.07. The Balaban J connectivity index is 1.48. The van der Waals surface area contributed by atoms with E-state index in [9.17, 15) is 0 Å². The quantitative estimate of drug-likeness (QED) is 0.730. The molecule has 2 aromatic rings. The molecule has 26 heavy (non-hydrogen) atoms. The molecule has 1 atom stereocenters. The van der Waals surface area contributed by atoms with Gasteiger partial charge in [0.2, 0.25) is 0 Å². The van der Waals surface area contributed by atoms with Gasteiger partial charge in [0.05, 0.1) is 0 Å². The lowest BCUT2D eigenvalue weighted by Crippen LogP contribution is -2.34. The van der Waals surface area contributed by atoms with Crippen molar-refractivity contribution in [1.82, 2.24) is 5.32 Å². The van der Waals surface area contributed by atoms with Gasteiger partial charge in [-0.3, -0.25) is 0 Å². The Kier molecular flexibility index (Phi) is 6.51. The maximum absolute atomic E-state index is 5.41. The predicted octanol–water partition coefficient (Wildman–Crippen LogP) is 4.97. The third-order valence-electron chi connectivity index (χ3n) is 5.03. The molecule has 3 nitrogen and oxygen atoms in total. The molecule has 1 aliphatic heterocycles. The topological polar surface area (TPSA) is 27.3 Å². The van der Waals surface area contributed by atoms with Crippen LogP contribution in [0.5, 0.6) is 0 Å². The van der Waals surface area contributed by atoms with Crippen LogP contribution >= 0.6 is 12.2 Å². The van der Waals surface area contributed by atoms with Gasteiger partial charge in [0.1, 0.15) is 0 Å². The van der Waals surface area contributed by atoms with E-state index in [1.54, 1.807) is 0 Å². The molecule has 2 N–H and O–H groups in total. The molecule has 2 aromatic carbocycles. The molecule has 1 aliphatic rings. The Morgan fingerprint density at radius 3 is 2.42 bits per heavy atom. The van der Waals surface area contributed by atoms with Crippen molar-refractivity contribution in [1.29, 1.82) is 0 Å². The van der Waals surface area contributed by atoms with E-state index in [4.69, 9.17) is 12.2 Å². The molecule has 0 amide bonds. The van der Waals surface area contributed by atoms with E-state index in [1.165, 1.54) is 42.7 Å². The van der Waals surface area contributed by atoms with Gasteiger partial charge in [0.15, 0.2) is 5.11 Å². The molecule has 4 heteroatoms. The highest BCUT2D eigenvalue weighted by Crippen LogP contribution is 2.23. The van der Waals surface area contributed by atoms with Crippen LogP contribution in [0.3, 0.4) is 0 Å². The summed E-state index contributed by atoms with van der Waals surface area (Å²) in [6.07, 6.45) is 3.70. The molecular formula is C22H29N3S. The zero-order valence-electron chi connectivity index (χ0n) is 15.8. The highest BCUT2D eigenvalue weighted by molar-refractivity contribution is 7.80. The van der Waals surface area contributed by atoms with Crippen LogP contribution < -0.4 is 15.5 Å². The summed E-state index contributed by atoms with van der Waals surface area (Å²) < 4.78 is 0. The van der Waals surface area contributed by atoms with Crippen LogP contribution in [-0.4, -0.2) is 18.2 Å². The second-order valence-corrected chi connectivity index (χ2v) is 7.63. The zero-order chi connectivity index (χ0) is 18.4. The van der Waals surface area contributed by atoms with Crippen LogP contribution in [0, 0.1) is 5.92 Å². The molecular weight excluding hydrogens is 338 g/mol. The minimum Gasteiger partial charge on any atom is -0.371 e. The Labute approximate surface area is 162 Å². The van der Waals surface area contributed by atoms with Crippen molar-refractivity contribution in [2.24, 2.45) is 5.92 Å². The Morgan fingerprint density at radius 2 is 1.77 bits per heavy atom. The number of thiocarbonyl (C=S) groups is 1. The minimum absolute atomic E-state index is 0.656. The molecule has 1 heterocycles. The second kappa shape index (κ2) is 9.04. The van der Waals surface area contributed by atoms with Crippen LogP contribution in [0.4, 0.5) is 11.4 Å². The number of hydrogen-bond acceptors (Lipinski definition) is 2. The maximum atomic E-state index is 5.41. The third-order valence-corrected chi connectivity index (χ3v) is 5.28. The SMILES string of the molecule is CCc1ccc(NC(=S)NCc2ccc(N3CCC[C@H](C)C3)cc2)cc1.